The zero-order valence-electron chi connectivity index (χ0n) is 10.4. The summed E-state index contributed by atoms with van der Waals surface area (Å²) >= 11 is 0. The summed E-state index contributed by atoms with van der Waals surface area (Å²) in [5.74, 6) is 1.57. The van der Waals surface area contributed by atoms with Gasteiger partial charge in [-0.3, -0.25) is 4.68 Å². The summed E-state index contributed by atoms with van der Waals surface area (Å²) < 4.78 is 12.6. The van der Waals surface area contributed by atoms with Crippen LogP contribution in [0.4, 0.5) is 0 Å². The Kier molecular flexibility index (Phi) is 2.48. The van der Waals surface area contributed by atoms with Gasteiger partial charge in [-0.25, -0.2) is 0 Å². The molecule has 1 aromatic heterocycles. The minimum Gasteiger partial charge on any atom is -0.454 e. The molecule has 1 aliphatic rings. The quantitative estimate of drug-likeness (QED) is 0.872. The molecule has 0 fully saturated rings. The molecule has 2 aromatic rings. The Balaban J connectivity index is 2.12. The molecule has 0 bridgehead atoms. The highest BCUT2D eigenvalue weighted by atomic mass is 16.7. The topological polar surface area (TPSA) is 62.3 Å². The maximum Gasteiger partial charge on any atom is 0.231 e. The van der Waals surface area contributed by atoms with E-state index in [-0.39, 0.29) is 6.79 Å². The van der Waals surface area contributed by atoms with Crippen molar-refractivity contribution < 1.29 is 9.47 Å². The molecule has 3 rings (SSSR count). The van der Waals surface area contributed by atoms with Gasteiger partial charge in [-0.15, -0.1) is 0 Å². The highest BCUT2D eigenvalue weighted by molar-refractivity contribution is 5.68. The second-order valence-corrected chi connectivity index (χ2v) is 4.32. The van der Waals surface area contributed by atoms with Crippen LogP contribution < -0.4 is 15.2 Å². The van der Waals surface area contributed by atoms with Crippen LogP contribution in [0.5, 0.6) is 11.5 Å². The van der Waals surface area contributed by atoms with Gasteiger partial charge < -0.3 is 15.2 Å². The highest BCUT2D eigenvalue weighted by Crippen LogP contribution is 2.36. The monoisotopic (exact) mass is 245 g/mol. The van der Waals surface area contributed by atoms with Gasteiger partial charge in [-0.05, 0) is 30.7 Å². The van der Waals surface area contributed by atoms with Gasteiger partial charge in [0.2, 0.25) is 6.79 Å². The third kappa shape index (κ3) is 1.55. The van der Waals surface area contributed by atoms with Crippen molar-refractivity contribution >= 4 is 0 Å². The van der Waals surface area contributed by atoms with Crippen LogP contribution in [0.25, 0.3) is 11.3 Å². The Morgan fingerprint density at radius 3 is 2.83 bits per heavy atom. The molecule has 1 aromatic carbocycles. The van der Waals surface area contributed by atoms with Crippen LogP contribution in [0.15, 0.2) is 18.2 Å². The highest BCUT2D eigenvalue weighted by Gasteiger charge is 2.18. The number of aromatic nitrogens is 2. The maximum atomic E-state index is 5.68. The molecular weight excluding hydrogens is 230 g/mol. The standard InChI is InChI=1S/C13H15N3O2/c1-8-10(6-14)15-16(2)13(8)9-3-4-11-12(5-9)18-7-17-11/h3-5H,6-7,14H2,1-2H3. The van der Waals surface area contributed by atoms with Crippen LogP contribution in [-0.4, -0.2) is 16.6 Å². The largest absolute Gasteiger partial charge is 0.454 e. The summed E-state index contributed by atoms with van der Waals surface area (Å²) in [7, 11) is 1.92. The predicted octanol–water partition coefficient (Wildman–Crippen LogP) is 1.58. The van der Waals surface area contributed by atoms with Crippen molar-refractivity contribution in [2.24, 2.45) is 12.8 Å². The van der Waals surface area contributed by atoms with Gasteiger partial charge in [-0.1, -0.05) is 0 Å². The van der Waals surface area contributed by atoms with E-state index in [1.165, 1.54) is 0 Å². The van der Waals surface area contributed by atoms with E-state index < -0.39 is 0 Å². The van der Waals surface area contributed by atoms with Crippen molar-refractivity contribution in [3.63, 3.8) is 0 Å². The summed E-state index contributed by atoms with van der Waals surface area (Å²) in [6.07, 6.45) is 0. The lowest BCUT2D eigenvalue weighted by atomic mass is 10.1. The number of rotatable bonds is 2. The predicted molar refractivity (Wildman–Crippen MR) is 67.4 cm³/mol. The number of fused-ring (bicyclic) bond motifs is 1. The van der Waals surface area contributed by atoms with Crippen LogP contribution in [0, 0.1) is 6.92 Å². The van der Waals surface area contributed by atoms with Gasteiger partial charge in [0, 0.05) is 19.2 Å². The molecule has 18 heavy (non-hydrogen) atoms. The fourth-order valence-corrected chi connectivity index (χ4v) is 2.33. The van der Waals surface area contributed by atoms with E-state index in [9.17, 15) is 0 Å². The Morgan fingerprint density at radius 1 is 1.33 bits per heavy atom. The molecule has 0 amide bonds. The Hall–Kier alpha value is -2.01. The molecule has 0 spiro atoms. The molecule has 0 saturated heterocycles. The average Bonchev–Trinajstić information content (AvgIpc) is 2.93. The third-order valence-electron chi connectivity index (χ3n) is 3.22. The van der Waals surface area contributed by atoms with E-state index in [2.05, 4.69) is 5.10 Å². The SMILES string of the molecule is Cc1c(CN)nn(C)c1-c1ccc2c(c1)OCO2. The second kappa shape index (κ2) is 4.03. The molecule has 0 unspecified atom stereocenters. The van der Waals surface area contributed by atoms with E-state index in [1.54, 1.807) is 0 Å². The summed E-state index contributed by atoms with van der Waals surface area (Å²) in [6, 6.07) is 5.91. The van der Waals surface area contributed by atoms with E-state index in [1.807, 2.05) is 36.9 Å². The third-order valence-corrected chi connectivity index (χ3v) is 3.22. The van der Waals surface area contributed by atoms with Crippen LogP contribution in [0.2, 0.25) is 0 Å². The molecule has 2 N–H and O–H groups in total. The van der Waals surface area contributed by atoms with Crippen molar-refractivity contribution in [1.82, 2.24) is 9.78 Å². The van der Waals surface area contributed by atoms with Crippen molar-refractivity contribution in [3.05, 3.63) is 29.5 Å². The van der Waals surface area contributed by atoms with E-state index in [0.29, 0.717) is 6.54 Å². The van der Waals surface area contributed by atoms with Crippen molar-refractivity contribution in [1.29, 1.82) is 0 Å². The zero-order valence-corrected chi connectivity index (χ0v) is 10.4. The number of nitrogens with two attached hydrogens (primary N) is 1. The van der Waals surface area contributed by atoms with Gasteiger partial charge in [0.25, 0.3) is 0 Å². The Bertz CT molecular complexity index is 605. The number of hydrogen-bond donors (Lipinski definition) is 1. The fraction of sp³-hybridized carbons (Fsp3) is 0.308. The van der Waals surface area contributed by atoms with E-state index in [4.69, 9.17) is 15.2 Å². The number of nitrogens with zero attached hydrogens (tertiary/aromatic N) is 2. The van der Waals surface area contributed by atoms with Crippen LogP contribution >= 0.6 is 0 Å². The second-order valence-electron chi connectivity index (χ2n) is 4.32. The lowest BCUT2D eigenvalue weighted by Crippen LogP contribution is -1.99. The first-order chi connectivity index (χ1) is 8.70. The minimum atomic E-state index is 0.289. The van der Waals surface area contributed by atoms with Gasteiger partial charge in [-0.2, -0.15) is 5.10 Å². The molecule has 1 aliphatic heterocycles. The molecule has 0 aliphatic carbocycles. The van der Waals surface area contributed by atoms with Crippen molar-refractivity contribution in [2.75, 3.05) is 6.79 Å². The normalized spacial score (nSPS) is 13.1. The average molecular weight is 245 g/mol. The van der Waals surface area contributed by atoms with E-state index in [0.717, 1.165) is 34.0 Å². The lowest BCUT2D eigenvalue weighted by molar-refractivity contribution is 0.174. The molecule has 5 nitrogen and oxygen atoms in total. The molecule has 0 radical (unpaired) electrons. The summed E-state index contributed by atoms with van der Waals surface area (Å²) in [6.45, 7) is 2.77. The summed E-state index contributed by atoms with van der Waals surface area (Å²) in [4.78, 5) is 0. The van der Waals surface area contributed by atoms with Crippen LogP contribution in [-0.2, 0) is 13.6 Å². The Morgan fingerprint density at radius 2 is 2.11 bits per heavy atom. The molecule has 0 atom stereocenters. The number of ether oxygens (including phenoxy) is 2. The first-order valence-electron chi connectivity index (χ1n) is 5.83. The van der Waals surface area contributed by atoms with Gasteiger partial charge in [0.05, 0.1) is 11.4 Å². The number of benzene rings is 1. The molecule has 2 heterocycles. The van der Waals surface area contributed by atoms with E-state index >= 15 is 0 Å². The van der Waals surface area contributed by atoms with Crippen molar-refractivity contribution in [3.8, 4) is 22.8 Å². The van der Waals surface area contributed by atoms with Crippen LogP contribution in [0.3, 0.4) is 0 Å². The van der Waals surface area contributed by atoms with Crippen molar-refractivity contribution in [2.45, 2.75) is 13.5 Å². The molecule has 5 heteroatoms. The number of hydrogen-bond acceptors (Lipinski definition) is 4. The Labute approximate surface area is 105 Å². The number of aryl methyl sites for hydroxylation is 1. The fourth-order valence-electron chi connectivity index (χ4n) is 2.33. The van der Waals surface area contributed by atoms with Gasteiger partial charge in [0.1, 0.15) is 0 Å². The van der Waals surface area contributed by atoms with Gasteiger partial charge >= 0.3 is 0 Å². The first kappa shape index (κ1) is 11.1. The van der Waals surface area contributed by atoms with Crippen LogP contribution in [0.1, 0.15) is 11.3 Å². The first-order valence-corrected chi connectivity index (χ1v) is 5.83. The summed E-state index contributed by atoms with van der Waals surface area (Å²) in [5.41, 5.74) is 9.84. The molecule has 94 valence electrons. The zero-order chi connectivity index (χ0) is 12.7. The molecule has 0 saturated carbocycles. The minimum absolute atomic E-state index is 0.289. The summed E-state index contributed by atoms with van der Waals surface area (Å²) in [5, 5.41) is 4.42. The maximum absolute atomic E-state index is 5.68. The van der Waals surface area contributed by atoms with Gasteiger partial charge in [0.15, 0.2) is 11.5 Å². The smallest absolute Gasteiger partial charge is 0.231 e. The molecular formula is C13H15N3O2. The lowest BCUT2D eigenvalue weighted by Gasteiger charge is -2.05.